The zero-order valence-corrected chi connectivity index (χ0v) is 11.3. The lowest BCUT2D eigenvalue weighted by atomic mass is 10.4. The smallest absolute Gasteiger partial charge is 0.323 e. The predicted octanol–water partition coefficient (Wildman–Crippen LogP) is -1.06. The van der Waals surface area contributed by atoms with Crippen LogP contribution in [-0.4, -0.2) is 84.9 Å². The highest BCUT2D eigenvalue weighted by molar-refractivity contribution is 5.86. The van der Waals surface area contributed by atoms with Crippen LogP contribution in [0.15, 0.2) is 0 Å². The highest BCUT2D eigenvalue weighted by atomic mass is 16.4. The number of rotatable bonds is 7. The summed E-state index contributed by atoms with van der Waals surface area (Å²) in [5.41, 5.74) is 0. The van der Waals surface area contributed by atoms with Crippen LogP contribution < -0.4 is 0 Å². The number of carbonyl (C=O) groups is 3. The Morgan fingerprint density at radius 2 is 1.56 bits per heavy atom. The molecule has 0 fully saturated rings. The van der Waals surface area contributed by atoms with Crippen molar-refractivity contribution in [3.8, 4) is 0 Å². The van der Waals surface area contributed by atoms with Crippen LogP contribution in [0, 0.1) is 0 Å². The van der Waals surface area contributed by atoms with E-state index in [1.165, 1.54) is 23.8 Å². The van der Waals surface area contributed by atoms with Crippen molar-refractivity contribution in [2.24, 2.45) is 0 Å². The third-order valence-corrected chi connectivity index (χ3v) is 2.41. The Morgan fingerprint density at radius 3 is 1.94 bits per heavy atom. The van der Waals surface area contributed by atoms with Crippen LogP contribution in [0.3, 0.4) is 0 Å². The lowest BCUT2D eigenvalue weighted by molar-refractivity contribution is -0.146. The van der Waals surface area contributed by atoms with E-state index in [0.29, 0.717) is 13.1 Å². The largest absolute Gasteiger partial charge is 0.480 e. The maximum atomic E-state index is 11.9. The number of aliphatic carboxylic acids is 1. The number of carbonyl (C=O) groups excluding carboxylic acids is 2. The van der Waals surface area contributed by atoms with Gasteiger partial charge in [0.2, 0.25) is 11.8 Å². The molecule has 0 aromatic heterocycles. The maximum absolute atomic E-state index is 11.9. The number of carboxylic acids is 1. The molecule has 0 saturated heterocycles. The lowest BCUT2D eigenvalue weighted by Crippen LogP contribution is -2.45. The van der Waals surface area contributed by atoms with Crippen molar-refractivity contribution in [2.45, 2.75) is 6.92 Å². The molecule has 7 nitrogen and oxygen atoms in total. The first-order valence-electron chi connectivity index (χ1n) is 5.60. The molecule has 2 amide bonds. The van der Waals surface area contributed by atoms with Crippen molar-refractivity contribution in [1.82, 2.24) is 14.7 Å². The Hall–Kier alpha value is -1.63. The molecule has 0 aromatic carbocycles. The number of nitrogens with zero attached hydrogens (tertiary/aromatic N) is 3. The molecular weight excluding hydrogens is 238 g/mol. The summed E-state index contributed by atoms with van der Waals surface area (Å²) in [7, 11) is 5.18. The third kappa shape index (κ3) is 6.85. The van der Waals surface area contributed by atoms with Gasteiger partial charge in [0.1, 0.15) is 6.54 Å². The topological polar surface area (TPSA) is 81.2 Å². The van der Waals surface area contributed by atoms with Crippen LogP contribution in [0.5, 0.6) is 0 Å². The molecule has 7 heteroatoms. The van der Waals surface area contributed by atoms with Crippen molar-refractivity contribution in [3.05, 3.63) is 0 Å². The Bertz CT molecular complexity index is 317. The van der Waals surface area contributed by atoms with Crippen molar-refractivity contribution < 1.29 is 19.5 Å². The predicted molar refractivity (Wildman–Crippen MR) is 66.1 cm³/mol. The summed E-state index contributed by atoms with van der Waals surface area (Å²) in [6.45, 7) is 1.80. The van der Waals surface area contributed by atoms with E-state index in [4.69, 9.17) is 5.11 Å². The molecule has 0 unspecified atom stereocenters. The molecule has 0 spiro atoms. The fraction of sp³-hybridized carbons (Fsp3) is 0.727. The molecule has 0 radical (unpaired) electrons. The Labute approximate surface area is 107 Å². The summed E-state index contributed by atoms with van der Waals surface area (Å²) in [6, 6.07) is 0. The van der Waals surface area contributed by atoms with E-state index in [9.17, 15) is 14.4 Å². The first-order chi connectivity index (χ1) is 8.23. The Balaban J connectivity index is 4.48. The highest BCUT2D eigenvalue weighted by Gasteiger charge is 2.19. The average molecular weight is 259 g/mol. The molecule has 0 aliphatic carbocycles. The SMILES string of the molecule is CC(=O)N(C)CC(=O)N(CCN(C)C)CC(=O)O. The first-order valence-corrected chi connectivity index (χ1v) is 5.60. The van der Waals surface area contributed by atoms with Crippen LogP contribution >= 0.6 is 0 Å². The quantitative estimate of drug-likeness (QED) is 0.630. The van der Waals surface area contributed by atoms with Crippen molar-refractivity contribution in [2.75, 3.05) is 47.3 Å². The van der Waals surface area contributed by atoms with Gasteiger partial charge >= 0.3 is 5.97 Å². The van der Waals surface area contributed by atoms with Gasteiger partial charge in [-0.05, 0) is 14.1 Å². The van der Waals surface area contributed by atoms with Crippen LogP contribution in [0.4, 0.5) is 0 Å². The molecule has 1 N–H and O–H groups in total. The molecule has 0 bridgehead atoms. The van der Waals surface area contributed by atoms with Crippen LogP contribution in [0.2, 0.25) is 0 Å². The number of hydrogen-bond acceptors (Lipinski definition) is 4. The molecule has 0 atom stereocenters. The summed E-state index contributed by atoms with van der Waals surface area (Å²) < 4.78 is 0. The second-order valence-corrected chi connectivity index (χ2v) is 4.39. The van der Waals surface area contributed by atoms with Gasteiger partial charge < -0.3 is 19.8 Å². The molecule has 0 heterocycles. The van der Waals surface area contributed by atoms with Gasteiger partial charge in [-0.2, -0.15) is 0 Å². The molecule has 0 aliphatic heterocycles. The number of likely N-dealkylation sites (N-methyl/N-ethyl adjacent to an activating group) is 2. The fourth-order valence-electron chi connectivity index (χ4n) is 1.19. The Kier molecular flexibility index (Phi) is 6.96. The van der Waals surface area contributed by atoms with E-state index in [0.717, 1.165) is 0 Å². The number of hydrogen-bond donors (Lipinski definition) is 1. The zero-order chi connectivity index (χ0) is 14.3. The summed E-state index contributed by atoms with van der Waals surface area (Å²) in [5, 5.41) is 8.75. The summed E-state index contributed by atoms with van der Waals surface area (Å²) >= 11 is 0. The molecule has 104 valence electrons. The van der Waals surface area contributed by atoms with E-state index in [-0.39, 0.29) is 24.9 Å². The van der Waals surface area contributed by atoms with Crippen molar-refractivity contribution in [3.63, 3.8) is 0 Å². The molecule has 18 heavy (non-hydrogen) atoms. The minimum atomic E-state index is -1.06. The van der Waals surface area contributed by atoms with Gasteiger partial charge in [0, 0.05) is 27.1 Å². The van der Waals surface area contributed by atoms with Gasteiger partial charge in [0.25, 0.3) is 0 Å². The van der Waals surface area contributed by atoms with Gasteiger partial charge in [-0.3, -0.25) is 14.4 Å². The lowest BCUT2D eigenvalue weighted by Gasteiger charge is -2.25. The minimum Gasteiger partial charge on any atom is -0.480 e. The van der Waals surface area contributed by atoms with E-state index in [1.807, 2.05) is 19.0 Å². The standard InChI is InChI=1S/C11H21N3O4/c1-9(15)13(4)7-10(16)14(8-11(17)18)6-5-12(2)3/h5-8H2,1-4H3,(H,17,18). The minimum absolute atomic E-state index is 0.101. The van der Waals surface area contributed by atoms with Gasteiger partial charge in [0.05, 0.1) is 6.54 Å². The van der Waals surface area contributed by atoms with E-state index in [2.05, 4.69) is 0 Å². The van der Waals surface area contributed by atoms with Gasteiger partial charge in [-0.25, -0.2) is 0 Å². The van der Waals surface area contributed by atoms with E-state index >= 15 is 0 Å². The molecular formula is C11H21N3O4. The fourth-order valence-corrected chi connectivity index (χ4v) is 1.19. The number of amides is 2. The van der Waals surface area contributed by atoms with Crippen molar-refractivity contribution in [1.29, 1.82) is 0 Å². The van der Waals surface area contributed by atoms with E-state index < -0.39 is 5.97 Å². The summed E-state index contributed by atoms with van der Waals surface area (Å²) in [6.07, 6.45) is 0. The van der Waals surface area contributed by atoms with Gasteiger partial charge in [0.15, 0.2) is 0 Å². The van der Waals surface area contributed by atoms with E-state index in [1.54, 1.807) is 0 Å². The van der Waals surface area contributed by atoms with Crippen LogP contribution in [0.25, 0.3) is 0 Å². The van der Waals surface area contributed by atoms with Crippen LogP contribution in [-0.2, 0) is 14.4 Å². The van der Waals surface area contributed by atoms with Crippen molar-refractivity contribution >= 4 is 17.8 Å². The molecule has 0 aliphatic rings. The first kappa shape index (κ1) is 16.4. The molecule has 0 aromatic rings. The average Bonchev–Trinajstić information content (AvgIpc) is 2.22. The Morgan fingerprint density at radius 1 is 1.00 bits per heavy atom. The maximum Gasteiger partial charge on any atom is 0.323 e. The van der Waals surface area contributed by atoms with Crippen LogP contribution in [0.1, 0.15) is 6.92 Å². The third-order valence-electron chi connectivity index (χ3n) is 2.41. The van der Waals surface area contributed by atoms with Gasteiger partial charge in [-0.1, -0.05) is 0 Å². The molecule has 0 saturated carbocycles. The summed E-state index contributed by atoms with van der Waals surface area (Å²) in [4.78, 5) is 37.9. The second-order valence-electron chi connectivity index (χ2n) is 4.39. The van der Waals surface area contributed by atoms with Gasteiger partial charge in [-0.15, -0.1) is 0 Å². The second kappa shape index (κ2) is 7.65. The molecule has 0 rings (SSSR count). The monoisotopic (exact) mass is 259 g/mol. The summed E-state index contributed by atoms with van der Waals surface area (Å²) in [5.74, 6) is -1.66. The highest BCUT2D eigenvalue weighted by Crippen LogP contribution is 1.95. The zero-order valence-electron chi connectivity index (χ0n) is 11.3. The normalized spacial score (nSPS) is 10.3. The number of carboxylic acid groups (broad SMARTS) is 1.